The average Bonchev–Trinajstić information content (AvgIpc) is 2.76. The van der Waals surface area contributed by atoms with Crippen molar-refractivity contribution in [3.8, 4) is 0 Å². The summed E-state index contributed by atoms with van der Waals surface area (Å²) in [5.74, 6) is -0.0399. The topological polar surface area (TPSA) is 61.4 Å². The Morgan fingerprint density at radius 1 is 1.14 bits per heavy atom. The molecule has 1 fully saturated rings. The molecule has 1 heterocycles. The van der Waals surface area contributed by atoms with Gasteiger partial charge in [0.15, 0.2) is 0 Å². The van der Waals surface area contributed by atoms with Gasteiger partial charge in [0.25, 0.3) is 5.91 Å². The second-order valence-corrected chi connectivity index (χ2v) is 5.62. The molecule has 5 nitrogen and oxygen atoms in total. The molecule has 0 saturated carbocycles. The fourth-order valence-electron chi connectivity index (χ4n) is 2.44. The van der Waals surface area contributed by atoms with Crippen LogP contribution in [-0.2, 0) is 4.79 Å². The first-order valence-corrected chi connectivity index (χ1v) is 7.44. The maximum absolute atomic E-state index is 12.2. The molecule has 21 heavy (non-hydrogen) atoms. The molecule has 1 atom stereocenters. The van der Waals surface area contributed by atoms with E-state index in [1.807, 2.05) is 0 Å². The van der Waals surface area contributed by atoms with Gasteiger partial charge >= 0.3 is 0 Å². The second-order valence-electron chi connectivity index (χ2n) is 5.62. The van der Waals surface area contributed by atoms with Crippen LogP contribution in [0.1, 0.15) is 36.0 Å². The average molecular weight is 289 g/mol. The summed E-state index contributed by atoms with van der Waals surface area (Å²) in [6, 6.07) is 6.89. The molecule has 2 amide bonds. The van der Waals surface area contributed by atoms with Crippen LogP contribution in [0.2, 0.25) is 0 Å². The first-order chi connectivity index (χ1) is 10.1. The monoisotopic (exact) mass is 289 g/mol. The van der Waals surface area contributed by atoms with Crippen molar-refractivity contribution in [3.05, 3.63) is 29.8 Å². The first-order valence-electron chi connectivity index (χ1n) is 7.44. The highest BCUT2D eigenvalue weighted by molar-refractivity contribution is 5.97. The van der Waals surface area contributed by atoms with Crippen LogP contribution in [-0.4, -0.2) is 43.4 Å². The van der Waals surface area contributed by atoms with Crippen LogP contribution in [0.4, 0.5) is 5.69 Å². The van der Waals surface area contributed by atoms with Crippen LogP contribution in [0.5, 0.6) is 0 Å². The number of amides is 2. The molecule has 0 spiro atoms. The number of carbonyl (C=O) groups excluding carboxylic acids is 2. The summed E-state index contributed by atoms with van der Waals surface area (Å²) in [6.07, 6.45) is 4.27. The van der Waals surface area contributed by atoms with E-state index in [2.05, 4.69) is 10.6 Å². The molecule has 0 aliphatic carbocycles. The lowest BCUT2D eigenvalue weighted by atomic mass is 10.1. The summed E-state index contributed by atoms with van der Waals surface area (Å²) in [5.41, 5.74) is 1.34. The van der Waals surface area contributed by atoms with Crippen LogP contribution in [0.15, 0.2) is 24.3 Å². The van der Waals surface area contributed by atoms with Crippen molar-refractivity contribution in [2.75, 3.05) is 26.0 Å². The van der Waals surface area contributed by atoms with Crippen molar-refractivity contribution in [3.63, 3.8) is 0 Å². The van der Waals surface area contributed by atoms with Crippen LogP contribution in [0, 0.1) is 0 Å². The highest BCUT2D eigenvalue weighted by atomic mass is 16.2. The molecule has 1 aromatic rings. The molecule has 5 heteroatoms. The number of nitrogens with zero attached hydrogens (tertiary/aromatic N) is 1. The molecule has 2 rings (SSSR count). The fraction of sp³-hybridized carbons (Fsp3) is 0.500. The van der Waals surface area contributed by atoms with E-state index in [-0.39, 0.29) is 17.9 Å². The summed E-state index contributed by atoms with van der Waals surface area (Å²) in [6.45, 7) is 0.897. The molecule has 1 aliphatic rings. The summed E-state index contributed by atoms with van der Waals surface area (Å²) < 4.78 is 0. The van der Waals surface area contributed by atoms with Crippen molar-refractivity contribution in [2.45, 2.75) is 31.7 Å². The van der Waals surface area contributed by atoms with Gasteiger partial charge in [0.2, 0.25) is 5.91 Å². The van der Waals surface area contributed by atoms with Gasteiger partial charge in [-0.1, -0.05) is 12.8 Å². The van der Waals surface area contributed by atoms with Crippen molar-refractivity contribution in [1.82, 2.24) is 10.2 Å². The highest BCUT2D eigenvalue weighted by Crippen LogP contribution is 2.14. The van der Waals surface area contributed by atoms with Crippen LogP contribution in [0.25, 0.3) is 0 Å². The van der Waals surface area contributed by atoms with E-state index >= 15 is 0 Å². The lowest BCUT2D eigenvalue weighted by molar-refractivity contribution is -0.118. The Labute approximate surface area is 125 Å². The maximum Gasteiger partial charge on any atom is 0.253 e. The van der Waals surface area contributed by atoms with Crippen molar-refractivity contribution in [2.24, 2.45) is 0 Å². The zero-order valence-electron chi connectivity index (χ0n) is 12.7. The third-order valence-electron chi connectivity index (χ3n) is 3.68. The Bertz CT molecular complexity index is 489. The molecule has 1 saturated heterocycles. The molecule has 1 aromatic carbocycles. The Hall–Kier alpha value is -1.88. The van der Waals surface area contributed by atoms with Gasteiger partial charge in [0.1, 0.15) is 0 Å². The number of rotatable bonds is 3. The second kappa shape index (κ2) is 7.22. The highest BCUT2D eigenvalue weighted by Gasteiger charge is 2.19. The number of benzene rings is 1. The van der Waals surface area contributed by atoms with Crippen molar-refractivity contribution in [1.29, 1.82) is 0 Å². The standard InChI is InChI=1S/C16H23N3O2/c1-19(2)16(21)12-7-9-13(10-8-12)18-15(20)14-6-4-3-5-11-17-14/h7-10,14,17H,3-6,11H2,1-2H3,(H,18,20). The summed E-state index contributed by atoms with van der Waals surface area (Å²) in [7, 11) is 3.44. The van der Waals surface area contributed by atoms with Gasteiger partial charge in [-0.3, -0.25) is 9.59 Å². The van der Waals surface area contributed by atoms with Gasteiger partial charge in [0.05, 0.1) is 6.04 Å². The third-order valence-corrected chi connectivity index (χ3v) is 3.68. The van der Waals surface area contributed by atoms with Crippen molar-refractivity contribution >= 4 is 17.5 Å². The Kier molecular flexibility index (Phi) is 5.33. The van der Waals surface area contributed by atoms with Crippen LogP contribution < -0.4 is 10.6 Å². The Morgan fingerprint density at radius 3 is 2.52 bits per heavy atom. The van der Waals surface area contributed by atoms with Gasteiger partial charge < -0.3 is 15.5 Å². The first kappa shape index (κ1) is 15.5. The molecule has 1 unspecified atom stereocenters. The maximum atomic E-state index is 12.2. The van der Waals surface area contributed by atoms with E-state index < -0.39 is 0 Å². The van der Waals surface area contributed by atoms with Crippen molar-refractivity contribution < 1.29 is 9.59 Å². The number of hydrogen-bond donors (Lipinski definition) is 2. The lowest BCUT2D eigenvalue weighted by Crippen LogP contribution is -2.39. The fourth-order valence-corrected chi connectivity index (χ4v) is 2.44. The van der Waals surface area contributed by atoms with E-state index in [4.69, 9.17) is 0 Å². The lowest BCUT2D eigenvalue weighted by Gasteiger charge is -2.16. The van der Waals surface area contributed by atoms with Crippen LogP contribution in [0.3, 0.4) is 0 Å². The van der Waals surface area contributed by atoms with Gasteiger partial charge in [-0.2, -0.15) is 0 Å². The van der Waals surface area contributed by atoms with Gasteiger partial charge in [-0.25, -0.2) is 0 Å². The quantitative estimate of drug-likeness (QED) is 0.893. The molecule has 0 bridgehead atoms. The molecule has 114 valence electrons. The third kappa shape index (κ3) is 4.29. The van der Waals surface area contributed by atoms with E-state index in [0.717, 1.165) is 31.5 Å². The van der Waals surface area contributed by atoms with Gasteiger partial charge in [-0.05, 0) is 43.7 Å². The van der Waals surface area contributed by atoms with E-state index in [1.165, 1.54) is 11.3 Å². The van der Waals surface area contributed by atoms with Crippen LogP contribution >= 0.6 is 0 Å². The minimum absolute atomic E-state index is 0.00332. The molecule has 1 aliphatic heterocycles. The minimum atomic E-state index is -0.115. The largest absolute Gasteiger partial charge is 0.345 e. The summed E-state index contributed by atoms with van der Waals surface area (Å²) in [5, 5.41) is 6.18. The number of anilines is 1. The number of hydrogen-bond acceptors (Lipinski definition) is 3. The summed E-state index contributed by atoms with van der Waals surface area (Å²) in [4.78, 5) is 25.5. The normalized spacial score (nSPS) is 18.7. The Morgan fingerprint density at radius 2 is 1.86 bits per heavy atom. The summed E-state index contributed by atoms with van der Waals surface area (Å²) >= 11 is 0. The predicted octanol–water partition coefficient (Wildman–Crippen LogP) is 1.86. The minimum Gasteiger partial charge on any atom is -0.345 e. The predicted molar refractivity (Wildman–Crippen MR) is 83.3 cm³/mol. The van der Waals surface area contributed by atoms with E-state index in [1.54, 1.807) is 38.4 Å². The molecule has 2 N–H and O–H groups in total. The molecule has 0 radical (unpaired) electrons. The SMILES string of the molecule is CN(C)C(=O)c1ccc(NC(=O)C2CCCCCN2)cc1. The number of carbonyl (C=O) groups is 2. The Balaban J connectivity index is 1.96. The molecule has 0 aromatic heterocycles. The van der Waals surface area contributed by atoms with Gasteiger partial charge in [0, 0.05) is 25.3 Å². The van der Waals surface area contributed by atoms with E-state index in [0.29, 0.717) is 5.56 Å². The zero-order valence-corrected chi connectivity index (χ0v) is 12.7. The molecular weight excluding hydrogens is 266 g/mol. The molecular formula is C16H23N3O2. The van der Waals surface area contributed by atoms with Gasteiger partial charge in [-0.15, -0.1) is 0 Å². The smallest absolute Gasteiger partial charge is 0.253 e. The number of nitrogens with one attached hydrogen (secondary N) is 2. The zero-order chi connectivity index (χ0) is 15.2. The van der Waals surface area contributed by atoms with E-state index in [9.17, 15) is 9.59 Å².